The third-order valence-electron chi connectivity index (χ3n) is 3.60. The van der Waals surface area contributed by atoms with Crippen LogP contribution in [0.1, 0.15) is 39.0 Å². The normalized spacial score (nSPS) is 21.5. The minimum absolute atomic E-state index is 0.332. The maximum atomic E-state index is 12.8. The van der Waals surface area contributed by atoms with Crippen molar-refractivity contribution in [1.29, 1.82) is 5.26 Å². The van der Waals surface area contributed by atoms with E-state index < -0.39 is 33.2 Å². The first-order valence-electron chi connectivity index (χ1n) is 6.77. The predicted octanol–water partition coefficient (Wildman–Crippen LogP) is 2.53. The zero-order chi connectivity index (χ0) is 16.1. The van der Waals surface area contributed by atoms with E-state index in [1.165, 1.54) is 7.11 Å². The van der Waals surface area contributed by atoms with E-state index in [-0.39, 0.29) is 5.92 Å². The van der Waals surface area contributed by atoms with Gasteiger partial charge in [-0.05, 0) is 38.5 Å². The summed E-state index contributed by atoms with van der Waals surface area (Å²) in [4.78, 5) is 4.67. The molecule has 0 aliphatic heterocycles. The highest BCUT2D eigenvalue weighted by Crippen LogP contribution is 2.30. The molecule has 0 radical (unpaired) electrons. The second-order valence-electron chi connectivity index (χ2n) is 5.41. The van der Waals surface area contributed by atoms with Crippen LogP contribution in [-0.2, 0) is 14.7 Å². The molecule has 1 aliphatic rings. The first-order valence-corrected chi connectivity index (χ1v) is 8.49. The van der Waals surface area contributed by atoms with Crippen molar-refractivity contribution in [2.75, 3.05) is 12.9 Å². The number of alkyl halides is 2. The monoisotopic (exact) mass is 322 g/mol. The smallest absolute Gasteiger partial charge is 0.246 e. The highest BCUT2D eigenvalue weighted by molar-refractivity contribution is 7.92. The van der Waals surface area contributed by atoms with Crippen molar-refractivity contribution in [1.82, 2.24) is 0 Å². The van der Waals surface area contributed by atoms with E-state index in [1.54, 1.807) is 6.07 Å². The Labute approximate surface area is 123 Å². The fraction of sp³-hybridized carbons (Fsp3) is 0.846. The first-order chi connectivity index (χ1) is 9.69. The van der Waals surface area contributed by atoms with Crippen LogP contribution in [0.2, 0.25) is 0 Å². The molecule has 0 amide bonds. The Kier molecular flexibility index (Phi) is 6.08. The van der Waals surface area contributed by atoms with Crippen molar-refractivity contribution in [3.63, 3.8) is 0 Å². The quantitative estimate of drug-likeness (QED) is 0.704. The van der Waals surface area contributed by atoms with Crippen molar-refractivity contribution >= 4 is 15.5 Å². The van der Waals surface area contributed by atoms with Crippen molar-refractivity contribution in [3.8, 4) is 6.07 Å². The third kappa shape index (κ3) is 5.58. The van der Waals surface area contributed by atoms with Crippen LogP contribution in [0.4, 0.5) is 8.78 Å². The van der Waals surface area contributed by atoms with Gasteiger partial charge in [0.2, 0.25) is 5.92 Å². The van der Waals surface area contributed by atoms with Crippen LogP contribution in [0, 0.1) is 17.2 Å². The minimum atomic E-state index is -3.85. The molecule has 0 bridgehead atoms. The van der Waals surface area contributed by atoms with Crippen molar-refractivity contribution in [3.05, 3.63) is 0 Å². The van der Waals surface area contributed by atoms with Gasteiger partial charge < -0.3 is 4.84 Å². The van der Waals surface area contributed by atoms with E-state index in [2.05, 4.69) is 9.99 Å². The fourth-order valence-corrected chi connectivity index (χ4v) is 4.34. The van der Waals surface area contributed by atoms with Gasteiger partial charge in [0.05, 0.1) is 17.5 Å². The average Bonchev–Trinajstić information content (AvgIpc) is 2.39. The van der Waals surface area contributed by atoms with Gasteiger partial charge in [-0.2, -0.15) is 5.26 Å². The highest BCUT2D eigenvalue weighted by Gasteiger charge is 2.37. The number of rotatable bonds is 6. The zero-order valence-corrected chi connectivity index (χ0v) is 13.0. The van der Waals surface area contributed by atoms with Gasteiger partial charge in [-0.1, -0.05) is 5.16 Å². The van der Waals surface area contributed by atoms with Gasteiger partial charge in [0, 0.05) is 6.42 Å². The van der Waals surface area contributed by atoms with Crippen LogP contribution in [0.5, 0.6) is 0 Å². The number of sulfone groups is 1. The molecule has 1 aliphatic carbocycles. The molecular weight excluding hydrogens is 302 g/mol. The van der Waals surface area contributed by atoms with Crippen molar-refractivity contribution < 1.29 is 22.0 Å². The van der Waals surface area contributed by atoms with E-state index >= 15 is 0 Å². The van der Waals surface area contributed by atoms with Crippen LogP contribution in [0.15, 0.2) is 5.16 Å². The molecule has 1 saturated carbocycles. The van der Waals surface area contributed by atoms with Gasteiger partial charge in [0.25, 0.3) is 0 Å². The summed E-state index contributed by atoms with van der Waals surface area (Å²) < 4.78 is 49.9. The molecule has 1 atom stereocenters. The van der Waals surface area contributed by atoms with Crippen LogP contribution in [-0.4, -0.2) is 38.2 Å². The molecule has 0 aromatic heterocycles. The molecule has 1 fully saturated rings. The zero-order valence-electron chi connectivity index (χ0n) is 12.2. The van der Waals surface area contributed by atoms with Gasteiger partial charge in [-0.3, -0.25) is 0 Å². The maximum absolute atomic E-state index is 12.8. The summed E-state index contributed by atoms with van der Waals surface area (Å²) in [5, 5.41) is 11.7. The Morgan fingerprint density at radius 2 is 2.05 bits per heavy atom. The molecule has 120 valence electrons. The average molecular weight is 322 g/mol. The Hall–Kier alpha value is -1.23. The summed E-state index contributed by atoms with van der Waals surface area (Å²) in [6.45, 7) is 0.679. The van der Waals surface area contributed by atoms with E-state index in [4.69, 9.17) is 5.26 Å². The van der Waals surface area contributed by atoms with E-state index in [9.17, 15) is 17.2 Å². The van der Waals surface area contributed by atoms with Crippen LogP contribution >= 0.6 is 0 Å². The van der Waals surface area contributed by atoms with Crippen molar-refractivity contribution in [2.24, 2.45) is 11.1 Å². The van der Waals surface area contributed by atoms with E-state index in [1.807, 2.05) is 0 Å². The molecule has 21 heavy (non-hydrogen) atoms. The molecule has 0 aromatic rings. The Bertz CT molecular complexity index is 511. The molecule has 1 unspecified atom stereocenters. The van der Waals surface area contributed by atoms with Gasteiger partial charge in [-0.25, -0.2) is 17.2 Å². The number of hydrogen-bond acceptors (Lipinski definition) is 5. The first kappa shape index (κ1) is 17.8. The lowest BCUT2D eigenvalue weighted by Gasteiger charge is -2.26. The summed E-state index contributed by atoms with van der Waals surface area (Å²) >= 11 is 0. The molecule has 0 spiro atoms. The molecule has 0 aromatic carbocycles. The molecule has 0 heterocycles. The number of oxime groups is 1. The Morgan fingerprint density at radius 1 is 1.48 bits per heavy atom. The number of halogens is 2. The third-order valence-corrected chi connectivity index (χ3v) is 5.63. The summed E-state index contributed by atoms with van der Waals surface area (Å²) in [6.07, 6.45) is 1.38. The largest absolute Gasteiger partial charge is 0.399 e. The van der Waals surface area contributed by atoms with Gasteiger partial charge in [-0.15, -0.1) is 0 Å². The second-order valence-corrected chi connectivity index (χ2v) is 7.66. The summed E-state index contributed by atoms with van der Waals surface area (Å²) in [5.74, 6) is -4.04. The van der Waals surface area contributed by atoms with Gasteiger partial charge in [0.1, 0.15) is 7.11 Å². The highest BCUT2D eigenvalue weighted by atomic mass is 32.2. The van der Waals surface area contributed by atoms with Crippen LogP contribution in [0.3, 0.4) is 0 Å². The second kappa shape index (κ2) is 7.16. The minimum Gasteiger partial charge on any atom is -0.399 e. The lowest BCUT2D eigenvalue weighted by atomic mass is 9.86. The lowest BCUT2D eigenvalue weighted by molar-refractivity contribution is 0.0189. The molecule has 5 nitrogen and oxygen atoms in total. The Balaban J connectivity index is 2.71. The molecular formula is C13H20F2N2O3S. The molecule has 8 heteroatoms. The summed E-state index contributed by atoms with van der Waals surface area (Å²) in [5.41, 5.74) is 0.836. The van der Waals surface area contributed by atoms with E-state index in [0.29, 0.717) is 32.6 Å². The SMILES string of the molecule is CON=C1CCC(C(C#N)S(=O)(=O)CCC(C)(F)F)CC1. The number of nitriles is 1. The van der Waals surface area contributed by atoms with Crippen LogP contribution < -0.4 is 0 Å². The van der Waals surface area contributed by atoms with Crippen LogP contribution in [0.25, 0.3) is 0 Å². The molecule has 1 rings (SSSR count). The summed E-state index contributed by atoms with van der Waals surface area (Å²) in [6, 6.07) is 1.79. The Morgan fingerprint density at radius 3 is 2.48 bits per heavy atom. The predicted molar refractivity (Wildman–Crippen MR) is 74.8 cm³/mol. The number of hydrogen-bond donors (Lipinski definition) is 0. The standard InChI is InChI=1S/C13H20F2N2O3S/c1-13(14,15)7-8-21(18,19)12(9-16)10-3-5-11(6-4-10)17-20-2/h10,12H,3-8H2,1-2H3. The van der Waals surface area contributed by atoms with Gasteiger partial charge >= 0.3 is 0 Å². The molecule has 0 N–H and O–H groups in total. The fourth-order valence-electron chi connectivity index (χ4n) is 2.42. The van der Waals surface area contributed by atoms with Crippen molar-refractivity contribution in [2.45, 2.75) is 50.2 Å². The van der Waals surface area contributed by atoms with Gasteiger partial charge in [0.15, 0.2) is 15.1 Å². The molecule has 0 saturated heterocycles. The topological polar surface area (TPSA) is 79.5 Å². The lowest BCUT2D eigenvalue weighted by Crippen LogP contribution is -2.34. The van der Waals surface area contributed by atoms with E-state index in [0.717, 1.165) is 5.71 Å². The summed E-state index contributed by atoms with van der Waals surface area (Å²) in [7, 11) is -2.41. The maximum Gasteiger partial charge on any atom is 0.246 e. The number of nitrogens with zero attached hydrogens (tertiary/aromatic N) is 2.